The number of hydrogen-bond donors (Lipinski definition) is 2. The lowest BCUT2D eigenvalue weighted by Crippen LogP contribution is -2.54. The Bertz CT molecular complexity index is 637. The number of carbonyl (C=O) groups is 3. The average Bonchev–Trinajstić information content (AvgIpc) is 2.49. The van der Waals surface area contributed by atoms with Crippen molar-refractivity contribution in [3.05, 3.63) is 0 Å². The van der Waals surface area contributed by atoms with Crippen LogP contribution in [0, 0.1) is 11.3 Å². The molecule has 0 saturated heterocycles. The van der Waals surface area contributed by atoms with Gasteiger partial charge in [-0.15, -0.1) is 0 Å². The van der Waals surface area contributed by atoms with Gasteiger partial charge in [-0.2, -0.15) is 8.42 Å². The van der Waals surface area contributed by atoms with E-state index >= 15 is 0 Å². The minimum atomic E-state index is -4.33. The summed E-state index contributed by atoms with van der Waals surface area (Å²) >= 11 is 0. The van der Waals surface area contributed by atoms with E-state index in [1.165, 1.54) is 27.7 Å². The van der Waals surface area contributed by atoms with Crippen LogP contribution in [0.15, 0.2) is 0 Å². The number of hydrogen-bond acceptors (Lipinski definition) is 9. The van der Waals surface area contributed by atoms with E-state index in [4.69, 9.17) is 4.18 Å². The van der Waals surface area contributed by atoms with Crippen LogP contribution in [-0.2, 0) is 38.2 Å². The van der Waals surface area contributed by atoms with Crippen LogP contribution in [0.3, 0.4) is 0 Å². The molecule has 0 aromatic heterocycles. The van der Waals surface area contributed by atoms with E-state index in [1.807, 2.05) is 0 Å². The first-order valence-electron chi connectivity index (χ1n) is 8.36. The third kappa shape index (κ3) is 8.67. The Kier molecular flexibility index (Phi) is 9.36. The summed E-state index contributed by atoms with van der Waals surface area (Å²) in [5.41, 5.74) is -1.38. The number of amides is 1. The van der Waals surface area contributed by atoms with Gasteiger partial charge in [0, 0.05) is 18.9 Å². The lowest BCUT2D eigenvalue weighted by Gasteiger charge is -2.36. The standard InChI is InChI=1S/C16H29NO9S/c1-11(2)13(19)24-10-25-14(20)16(21,15(4,5)6)26-27(22,23)9-7-8-17-12(3)18/h11,21H,7-10H2,1-6H3,(H,17,18)/t16-/m0/s1. The molecule has 158 valence electrons. The zero-order chi connectivity index (χ0) is 21.5. The topological polar surface area (TPSA) is 145 Å². The number of ether oxygens (including phenoxy) is 2. The molecule has 0 aromatic carbocycles. The third-order valence-corrected chi connectivity index (χ3v) is 4.63. The van der Waals surface area contributed by atoms with Crippen molar-refractivity contribution in [2.75, 3.05) is 19.1 Å². The average molecular weight is 411 g/mol. The second kappa shape index (κ2) is 10.00. The lowest BCUT2D eigenvalue weighted by molar-refractivity contribution is -0.236. The predicted octanol–water partition coefficient (Wildman–Crippen LogP) is 0.294. The normalized spacial score (nSPS) is 14.4. The summed E-state index contributed by atoms with van der Waals surface area (Å²) in [5, 5.41) is 13.0. The van der Waals surface area contributed by atoms with Gasteiger partial charge in [0.2, 0.25) is 12.7 Å². The van der Waals surface area contributed by atoms with E-state index in [9.17, 15) is 27.9 Å². The van der Waals surface area contributed by atoms with Gasteiger partial charge in [0.05, 0.1) is 11.7 Å². The second-order valence-corrected chi connectivity index (χ2v) is 8.93. The molecule has 1 atom stereocenters. The Morgan fingerprint density at radius 1 is 1.11 bits per heavy atom. The van der Waals surface area contributed by atoms with Gasteiger partial charge >= 0.3 is 11.9 Å². The fraction of sp³-hybridized carbons (Fsp3) is 0.812. The molecular weight excluding hydrogens is 382 g/mol. The van der Waals surface area contributed by atoms with Gasteiger partial charge in [-0.05, 0) is 6.42 Å². The highest BCUT2D eigenvalue weighted by molar-refractivity contribution is 7.86. The van der Waals surface area contributed by atoms with Crippen molar-refractivity contribution in [1.29, 1.82) is 0 Å². The quantitative estimate of drug-likeness (QED) is 0.224. The highest BCUT2D eigenvalue weighted by Crippen LogP contribution is 2.34. The van der Waals surface area contributed by atoms with Crippen LogP contribution in [-0.4, -0.2) is 56.2 Å². The minimum absolute atomic E-state index is 0.0170. The molecule has 0 aliphatic heterocycles. The van der Waals surface area contributed by atoms with E-state index in [0.717, 1.165) is 0 Å². The summed E-state index contributed by atoms with van der Waals surface area (Å²) < 4.78 is 38.4. The summed E-state index contributed by atoms with van der Waals surface area (Å²) in [6.07, 6.45) is 0.0170. The number of nitrogens with one attached hydrogen (secondary N) is 1. The number of esters is 2. The summed E-state index contributed by atoms with van der Waals surface area (Å²) in [4.78, 5) is 34.4. The van der Waals surface area contributed by atoms with Gasteiger partial charge < -0.3 is 19.9 Å². The Morgan fingerprint density at radius 2 is 1.67 bits per heavy atom. The van der Waals surface area contributed by atoms with Crippen LogP contribution < -0.4 is 5.32 Å². The van der Waals surface area contributed by atoms with Crippen LogP contribution in [0.1, 0.15) is 48.0 Å². The van der Waals surface area contributed by atoms with Gasteiger partial charge in [-0.3, -0.25) is 9.59 Å². The Balaban J connectivity index is 5.05. The maximum Gasteiger partial charge on any atom is 0.371 e. The van der Waals surface area contributed by atoms with Crippen molar-refractivity contribution in [3.63, 3.8) is 0 Å². The first-order valence-corrected chi connectivity index (χ1v) is 9.94. The molecule has 0 bridgehead atoms. The molecule has 0 heterocycles. The second-order valence-electron chi connectivity index (χ2n) is 7.24. The van der Waals surface area contributed by atoms with Crippen molar-refractivity contribution in [2.24, 2.45) is 11.3 Å². The molecule has 0 rings (SSSR count). The smallest absolute Gasteiger partial charge is 0.371 e. The Labute approximate surface area is 159 Å². The van der Waals surface area contributed by atoms with Crippen LogP contribution in [0.25, 0.3) is 0 Å². The van der Waals surface area contributed by atoms with Crippen molar-refractivity contribution in [2.45, 2.75) is 53.8 Å². The summed E-state index contributed by atoms with van der Waals surface area (Å²) in [6.45, 7) is 7.86. The van der Waals surface area contributed by atoms with Crippen molar-refractivity contribution < 1.29 is 41.6 Å². The predicted molar refractivity (Wildman–Crippen MR) is 94.5 cm³/mol. The number of aliphatic hydroxyl groups is 1. The van der Waals surface area contributed by atoms with Crippen molar-refractivity contribution >= 4 is 28.0 Å². The van der Waals surface area contributed by atoms with Crippen LogP contribution in [0.2, 0.25) is 0 Å². The Hall–Kier alpha value is -1.72. The van der Waals surface area contributed by atoms with E-state index in [0.29, 0.717) is 0 Å². The molecule has 0 radical (unpaired) electrons. The summed E-state index contributed by atoms with van der Waals surface area (Å²) in [6, 6.07) is 0. The molecule has 11 heteroatoms. The van der Waals surface area contributed by atoms with Crippen molar-refractivity contribution in [3.8, 4) is 0 Å². The lowest BCUT2D eigenvalue weighted by atomic mass is 9.85. The first-order chi connectivity index (χ1) is 12.1. The largest absolute Gasteiger partial charge is 0.428 e. The molecule has 0 aliphatic rings. The maximum atomic E-state index is 12.3. The Morgan fingerprint density at radius 3 is 2.11 bits per heavy atom. The summed E-state index contributed by atoms with van der Waals surface area (Å²) in [5.74, 6) is -6.18. The first kappa shape index (κ1) is 25.3. The molecule has 0 aliphatic carbocycles. The molecule has 1 amide bonds. The zero-order valence-corrected chi connectivity index (χ0v) is 17.3. The van der Waals surface area contributed by atoms with E-state index in [-0.39, 0.29) is 18.9 Å². The molecule has 27 heavy (non-hydrogen) atoms. The van der Waals surface area contributed by atoms with Gasteiger partial charge in [0.15, 0.2) is 0 Å². The molecule has 0 fully saturated rings. The SMILES string of the molecule is CC(=O)NCCCS(=O)(=O)O[C@@](O)(C(=O)OCOC(=O)C(C)C)C(C)(C)C. The molecule has 0 saturated carbocycles. The maximum absolute atomic E-state index is 12.3. The minimum Gasteiger partial charge on any atom is -0.428 e. The molecule has 0 spiro atoms. The fourth-order valence-corrected chi connectivity index (χ4v) is 2.88. The van der Waals surface area contributed by atoms with Gasteiger partial charge in [-0.1, -0.05) is 34.6 Å². The molecule has 0 unspecified atom stereocenters. The zero-order valence-electron chi connectivity index (χ0n) is 16.5. The third-order valence-electron chi connectivity index (χ3n) is 3.35. The van der Waals surface area contributed by atoms with Gasteiger partial charge in [0.1, 0.15) is 0 Å². The molecule has 0 aromatic rings. The summed E-state index contributed by atoms with van der Waals surface area (Å²) in [7, 11) is -4.33. The van der Waals surface area contributed by atoms with E-state index in [2.05, 4.69) is 14.8 Å². The number of rotatable bonds is 10. The molecule has 10 nitrogen and oxygen atoms in total. The number of carbonyl (C=O) groups excluding carboxylic acids is 3. The van der Waals surface area contributed by atoms with Crippen LogP contribution in [0.4, 0.5) is 0 Å². The fourth-order valence-electron chi connectivity index (χ4n) is 1.61. The monoisotopic (exact) mass is 411 g/mol. The molecule has 2 N–H and O–H groups in total. The highest BCUT2D eigenvalue weighted by Gasteiger charge is 2.53. The van der Waals surface area contributed by atoms with Gasteiger partial charge in [-0.25, -0.2) is 8.98 Å². The van der Waals surface area contributed by atoms with Crippen LogP contribution in [0.5, 0.6) is 0 Å². The van der Waals surface area contributed by atoms with Crippen molar-refractivity contribution in [1.82, 2.24) is 5.32 Å². The highest BCUT2D eigenvalue weighted by atomic mass is 32.2. The molecular formula is C16H29NO9S. The van der Waals surface area contributed by atoms with Gasteiger partial charge in [0.25, 0.3) is 15.9 Å². The van der Waals surface area contributed by atoms with Crippen LogP contribution >= 0.6 is 0 Å². The van der Waals surface area contributed by atoms with E-state index in [1.54, 1.807) is 13.8 Å². The van der Waals surface area contributed by atoms with E-state index < -0.39 is 51.7 Å².